The van der Waals surface area contributed by atoms with E-state index in [-0.39, 0.29) is 20.4 Å². The quantitative estimate of drug-likeness (QED) is 0.0245. The first kappa shape index (κ1) is 91.0. The van der Waals surface area contributed by atoms with Gasteiger partial charge in [0.15, 0.2) is 0 Å². The molecule has 0 bridgehead atoms. The second-order valence-corrected chi connectivity index (χ2v) is 28.6. The van der Waals surface area contributed by atoms with Gasteiger partial charge in [0.1, 0.15) is 5.71 Å². The number of benzene rings is 3. The molecule has 0 atom stereocenters. The van der Waals surface area contributed by atoms with Gasteiger partial charge in [-0.05, 0) is 81.0 Å². The van der Waals surface area contributed by atoms with Crippen LogP contribution in [0, 0.1) is 42.4 Å². The summed E-state index contributed by atoms with van der Waals surface area (Å²) in [5.74, 6) is 20.1. The second kappa shape index (κ2) is 73.2. The largest absolute Gasteiger partial charge is 2.00 e. The summed E-state index contributed by atoms with van der Waals surface area (Å²) in [5, 5.41) is 21.0. The van der Waals surface area contributed by atoms with Gasteiger partial charge in [-0.2, -0.15) is 0 Å². The van der Waals surface area contributed by atoms with Crippen LogP contribution < -0.4 is 10.2 Å². The molecule has 0 aliphatic heterocycles. The fraction of sp³-hybridized carbons (Fsp3) is 0.717. The van der Waals surface area contributed by atoms with Crippen molar-refractivity contribution in [3.63, 3.8) is 0 Å². The zero-order chi connectivity index (χ0) is 68.6. The zero-order valence-corrected chi connectivity index (χ0v) is 65.4. The van der Waals surface area contributed by atoms with Crippen LogP contribution in [0.2, 0.25) is 0 Å². The van der Waals surface area contributed by atoms with Crippen LogP contribution >= 0.6 is 0 Å². The molecule has 0 radical (unpaired) electrons. The van der Waals surface area contributed by atoms with Gasteiger partial charge >= 0.3 is 20.4 Å². The smallest absolute Gasteiger partial charge is 0.873 e. The summed E-state index contributed by atoms with van der Waals surface area (Å²) in [7, 11) is 0. The Morgan fingerprint density at radius 2 is 0.577 bits per heavy atom. The molecule has 4 nitrogen and oxygen atoms in total. The van der Waals surface area contributed by atoms with Crippen molar-refractivity contribution in [3.05, 3.63) is 83.4 Å². The number of unbranched alkanes of at least 4 members (excludes halogenated alkanes) is 55. The van der Waals surface area contributed by atoms with Crippen LogP contribution in [0.15, 0.2) is 76.7 Å². The minimum atomic E-state index is -0.430. The van der Waals surface area contributed by atoms with Crippen molar-refractivity contribution in [2.24, 2.45) is 9.98 Å². The molecule has 0 unspecified atom stereocenters. The normalized spacial score (nSPS) is 11.2. The van der Waals surface area contributed by atoms with E-state index in [1.54, 1.807) is 13.0 Å². The van der Waals surface area contributed by atoms with Gasteiger partial charge in [0.05, 0.1) is 17.6 Å². The summed E-state index contributed by atoms with van der Waals surface area (Å²) in [6, 6.07) is 21.5. The summed E-state index contributed by atoms with van der Waals surface area (Å²) in [4.78, 5) is 10.3. The molecule has 3 aromatic carbocycles. The van der Waals surface area contributed by atoms with Crippen molar-refractivity contribution in [2.45, 2.75) is 426 Å². The van der Waals surface area contributed by atoms with Crippen molar-refractivity contribution in [1.29, 1.82) is 0 Å². The number of rotatable bonds is 62. The molecule has 3 rings (SSSR count). The van der Waals surface area contributed by atoms with Gasteiger partial charge in [0, 0.05) is 32.1 Å². The average molecular weight is 1420 g/mol. The van der Waals surface area contributed by atoms with E-state index in [1.807, 2.05) is 6.21 Å². The summed E-state index contributed by atoms with van der Waals surface area (Å²) >= 11 is 0. The molecule has 0 N–H and O–H groups in total. The molecular formula is C92H148N2O2Pd. The fourth-order valence-electron chi connectivity index (χ4n) is 13.1. The minimum Gasteiger partial charge on any atom is -0.873 e. The number of nitrogens with zero attached hydrogens (tertiary/aromatic N) is 2. The SMILES string of the molecule is CCCCCCCCCC#CC(C=Nc1ccccc1CCCC#CCCCCCCCCCCCCCCCCCCCCCCCCC)=Nc1ccccc1CCCC#CCCCCCCCCCCCCCCCCCCCCCCCCC.Cc1ccc([O-])c([O-])c1.[Pd+2]. The number of para-hydroxylation sites is 2. The van der Waals surface area contributed by atoms with Crippen molar-refractivity contribution in [1.82, 2.24) is 0 Å². The molecular weight excluding hydrogens is 1270 g/mol. The van der Waals surface area contributed by atoms with Gasteiger partial charge in [0.2, 0.25) is 0 Å². The molecule has 0 amide bonds. The Morgan fingerprint density at radius 3 is 0.887 bits per heavy atom. The summed E-state index contributed by atoms with van der Waals surface area (Å²) < 4.78 is 0. The van der Waals surface area contributed by atoms with Crippen LogP contribution in [-0.4, -0.2) is 11.9 Å². The maximum absolute atomic E-state index is 10.5. The number of aryl methyl sites for hydroxylation is 3. The summed E-state index contributed by atoms with van der Waals surface area (Å²) in [5.41, 5.74) is 6.13. The molecule has 0 spiro atoms. The van der Waals surface area contributed by atoms with E-state index < -0.39 is 11.5 Å². The predicted molar refractivity (Wildman–Crippen MR) is 423 cm³/mol. The third kappa shape index (κ3) is 60.4. The molecule has 0 fully saturated rings. The molecule has 0 saturated carbocycles. The number of aliphatic imine (C=N–C) groups is 2. The van der Waals surface area contributed by atoms with E-state index in [2.05, 4.69) is 105 Å². The molecule has 0 aliphatic rings. The van der Waals surface area contributed by atoms with E-state index in [0.29, 0.717) is 0 Å². The van der Waals surface area contributed by atoms with Crippen molar-refractivity contribution < 1.29 is 30.6 Å². The molecule has 5 heteroatoms. The van der Waals surface area contributed by atoms with Gasteiger partial charge in [-0.25, -0.2) is 4.99 Å². The van der Waals surface area contributed by atoms with Crippen LogP contribution in [0.25, 0.3) is 0 Å². The Hall–Kier alpha value is -4.06. The van der Waals surface area contributed by atoms with Crippen LogP contribution in [0.1, 0.15) is 423 Å². The van der Waals surface area contributed by atoms with E-state index in [9.17, 15) is 10.2 Å². The van der Waals surface area contributed by atoms with Crippen LogP contribution in [0.3, 0.4) is 0 Å². The van der Waals surface area contributed by atoms with Gasteiger partial charge < -0.3 is 10.2 Å². The molecule has 0 aliphatic carbocycles. The molecule has 0 saturated heterocycles. The maximum atomic E-state index is 10.5. The van der Waals surface area contributed by atoms with E-state index in [4.69, 9.17) is 9.98 Å². The first-order valence-electron chi connectivity index (χ1n) is 41.6. The molecule has 0 heterocycles. The molecule has 3 aromatic rings. The Labute approximate surface area is 616 Å². The maximum Gasteiger partial charge on any atom is 2.00 e. The molecule has 97 heavy (non-hydrogen) atoms. The Balaban J connectivity index is 0.00000432. The average Bonchev–Trinajstić information content (AvgIpc) is 1.54. The van der Waals surface area contributed by atoms with E-state index in [1.165, 1.54) is 357 Å². The third-order valence-corrected chi connectivity index (χ3v) is 19.3. The van der Waals surface area contributed by atoms with Gasteiger partial charge in [0.25, 0.3) is 0 Å². The van der Waals surface area contributed by atoms with E-state index in [0.717, 1.165) is 86.9 Å². The van der Waals surface area contributed by atoms with Gasteiger partial charge in [-0.1, -0.05) is 408 Å². The second-order valence-electron chi connectivity index (χ2n) is 28.6. The molecule has 548 valence electrons. The fourth-order valence-corrected chi connectivity index (χ4v) is 13.1. The number of hydrogen-bond donors (Lipinski definition) is 0. The first-order chi connectivity index (χ1) is 47.5. The predicted octanol–water partition coefficient (Wildman–Crippen LogP) is 28.9. The van der Waals surface area contributed by atoms with Crippen molar-refractivity contribution >= 4 is 23.3 Å². The Morgan fingerprint density at radius 1 is 0.309 bits per heavy atom. The monoisotopic (exact) mass is 1420 g/mol. The summed E-state index contributed by atoms with van der Waals surface area (Å²) in [6.07, 6.45) is 85.7. The molecule has 0 aromatic heterocycles. The van der Waals surface area contributed by atoms with E-state index >= 15 is 0 Å². The van der Waals surface area contributed by atoms with Gasteiger partial charge in [-0.15, -0.1) is 35.2 Å². The first-order valence-corrected chi connectivity index (χ1v) is 41.6. The van der Waals surface area contributed by atoms with Crippen LogP contribution in [0.4, 0.5) is 11.4 Å². The minimum absolute atomic E-state index is 0. The topological polar surface area (TPSA) is 70.8 Å². The third-order valence-electron chi connectivity index (χ3n) is 19.3. The van der Waals surface area contributed by atoms with Crippen molar-refractivity contribution in [2.75, 3.05) is 0 Å². The van der Waals surface area contributed by atoms with Crippen LogP contribution in [-0.2, 0) is 33.3 Å². The number of hydrogen-bond acceptors (Lipinski definition) is 4. The Kier molecular flexibility index (Phi) is 68.6. The zero-order valence-electron chi connectivity index (χ0n) is 63.8. The van der Waals surface area contributed by atoms with Crippen molar-refractivity contribution in [3.8, 4) is 47.0 Å². The Bertz CT molecular complexity index is 2460. The standard InChI is InChI=1S/C85H142N2.C7H8O2.Pd/c1-4-7-10-13-16-19-21-23-25-27-29-31-33-35-37-39-41-43-45-47-49-51-53-55-58-60-63-66-73-81-75-69-71-78-84(81)86-80-83(77-68-65-62-57-18-15-12-9-6-3)87-85-79-72-70-76-82(85)74-67-64-61-59-56-54-52-50-48-46-44-42-40-38-36-34-32-30-28-26-24-22-20-17-14-11-8-5-2;1-5-2-3-6(8)7(9)4-5;/h69-72,75-76,78-80H,4-57,62-67,73-74H2,1-3H3;2-4,8-9H,1H3;/q;;+2/p-2. The summed E-state index contributed by atoms with van der Waals surface area (Å²) in [6.45, 7) is 8.69. The van der Waals surface area contributed by atoms with Gasteiger partial charge in [-0.3, -0.25) is 4.99 Å². The van der Waals surface area contributed by atoms with Crippen LogP contribution in [0.5, 0.6) is 11.5 Å².